The maximum atomic E-state index is 10.9. The van der Waals surface area contributed by atoms with E-state index < -0.39 is 0 Å². The molecule has 0 amide bonds. The van der Waals surface area contributed by atoms with Crippen LogP contribution < -0.4 is 0 Å². The molecule has 1 aliphatic carbocycles. The van der Waals surface area contributed by atoms with Gasteiger partial charge >= 0.3 is 0 Å². The van der Waals surface area contributed by atoms with E-state index >= 15 is 0 Å². The lowest BCUT2D eigenvalue weighted by Gasteiger charge is -2.20. The number of rotatable bonds is 4. The lowest BCUT2D eigenvalue weighted by molar-refractivity contribution is -0.112. The van der Waals surface area contributed by atoms with E-state index in [9.17, 15) is 4.79 Å². The predicted octanol–water partition coefficient (Wildman–Crippen LogP) is 3.57. The van der Waals surface area contributed by atoms with Gasteiger partial charge in [0.2, 0.25) is 0 Å². The molecule has 0 aromatic heterocycles. The fraction of sp³-hybridized carbons (Fsp3) is 0.917. The maximum absolute atomic E-state index is 10.9. The largest absolute Gasteiger partial charge is 0.303 e. The van der Waals surface area contributed by atoms with Crippen molar-refractivity contribution in [2.45, 2.75) is 58.3 Å². The average molecular weight is 182 g/mol. The second kappa shape index (κ2) is 6.17. The molecule has 1 atom stereocenters. The molecule has 0 saturated heterocycles. The molecule has 0 aliphatic heterocycles. The standard InChI is InChI=1S/C12H22O/c1-2-7-12(10-13)11-8-5-3-4-6-9-11/h10-12H,2-9H2,1H3. The fourth-order valence-electron chi connectivity index (χ4n) is 2.49. The summed E-state index contributed by atoms with van der Waals surface area (Å²) < 4.78 is 0. The Labute approximate surface area is 81.9 Å². The molecular weight excluding hydrogens is 160 g/mol. The highest BCUT2D eigenvalue weighted by atomic mass is 16.1. The van der Waals surface area contributed by atoms with Gasteiger partial charge in [-0.1, -0.05) is 39.0 Å². The van der Waals surface area contributed by atoms with Crippen LogP contribution in [0.3, 0.4) is 0 Å². The molecule has 0 aromatic carbocycles. The summed E-state index contributed by atoms with van der Waals surface area (Å²) in [4.78, 5) is 10.9. The Morgan fingerprint density at radius 2 is 1.85 bits per heavy atom. The normalized spacial score (nSPS) is 22.2. The fourth-order valence-corrected chi connectivity index (χ4v) is 2.49. The summed E-state index contributed by atoms with van der Waals surface area (Å²) in [5, 5.41) is 0. The highest BCUT2D eigenvalue weighted by molar-refractivity contribution is 5.53. The number of aldehydes is 1. The molecule has 0 spiro atoms. The van der Waals surface area contributed by atoms with E-state index in [0.717, 1.165) is 12.8 Å². The Balaban J connectivity index is 2.39. The molecule has 13 heavy (non-hydrogen) atoms. The molecule has 0 bridgehead atoms. The summed E-state index contributed by atoms with van der Waals surface area (Å²) in [6.45, 7) is 2.17. The van der Waals surface area contributed by atoms with Gasteiger partial charge in [-0.2, -0.15) is 0 Å². The minimum absolute atomic E-state index is 0.364. The summed E-state index contributed by atoms with van der Waals surface area (Å²) in [7, 11) is 0. The van der Waals surface area contributed by atoms with Crippen molar-refractivity contribution < 1.29 is 4.79 Å². The molecule has 1 rings (SSSR count). The van der Waals surface area contributed by atoms with Crippen molar-refractivity contribution in [3.8, 4) is 0 Å². The molecule has 1 unspecified atom stereocenters. The second-order valence-electron chi connectivity index (χ2n) is 4.34. The first-order valence-electron chi connectivity index (χ1n) is 5.83. The van der Waals surface area contributed by atoms with Gasteiger partial charge < -0.3 is 4.79 Å². The second-order valence-corrected chi connectivity index (χ2v) is 4.34. The summed E-state index contributed by atoms with van der Waals surface area (Å²) in [6, 6.07) is 0. The van der Waals surface area contributed by atoms with Gasteiger partial charge in [0.05, 0.1) is 0 Å². The number of carbonyl (C=O) groups excluding carboxylic acids is 1. The van der Waals surface area contributed by atoms with Gasteiger partial charge in [0.15, 0.2) is 0 Å². The van der Waals surface area contributed by atoms with Gasteiger partial charge in [0, 0.05) is 5.92 Å². The zero-order valence-corrected chi connectivity index (χ0v) is 8.80. The van der Waals surface area contributed by atoms with E-state index in [2.05, 4.69) is 6.92 Å². The Morgan fingerprint density at radius 1 is 1.23 bits per heavy atom. The van der Waals surface area contributed by atoms with Crippen LogP contribution in [0.5, 0.6) is 0 Å². The van der Waals surface area contributed by atoms with E-state index in [1.807, 2.05) is 0 Å². The van der Waals surface area contributed by atoms with Crippen LogP contribution in [0, 0.1) is 11.8 Å². The summed E-state index contributed by atoms with van der Waals surface area (Å²) in [6.07, 6.45) is 11.5. The van der Waals surface area contributed by atoms with E-state index in [1.54, 1.807) is 0 Å². The Bertz CT molecular complexity index is 134. The van der Waals surface area contributed by atoms with Crippen molar-refractivity contribution in [3.05, 3.63) is 0 Å². The highest BCUT2D eigenvalue weighted by Crippen LogP contribution is 2.30. The minimum Gasteiger partial charge on any atom is -0.303 e. The van der Waals surface area contributed by atoms with Gasteiger partial charge in [0.1, 0.15) is 6.29 Å². The first kappa shape index (κ1) is 10.7. The third-order valence-corrected chi connectivity index (χ3v) is 3.30. The van der Waals surface area contributed by atoms with Gasteiger partial charge in [-0.05, 0) is 25.2 Å². The van der Waals surface area contributed by atoms with Crippen LogP contribution >= 0.6 is 0 Å². The van der Waals surface area contributed by atoms with Crippen LogP contribution in [0.2, 0.25) is 0 Å². The Hall–Kier alpha value is -0.330. The zero-order chi connectivity index (χ0) is 9.52. The monoisotopic (exact) mass is 182 g/mol. The van der Waals surface area contributed by atoms with Crippen molar-refractivity contribution in [2.75, 3.05) is 0 Å². The summed E-state index contributed by atoms with van der Waals surface area (Å²) in [5.74, 6) is 1.07. The molecular formula is C12H22O. The van der Waals surface area contributed by atoms with Gasteiger partial charge in [0.25, 0.3) is 0 Å². The van der Waals surface area contributed by atoms with Crippen molar-refractivity contribution in [1.82, 2.24) is 0 Å². The van der Waals surface area contributed by atoms with Crippen molar-refractivity contribution >= 4 is 6.29 Å². The van der Waals surface area contributed by atoms with Crippen molar-refractivity contribution in [3.63, 3.8) is 0 Å². The van der Waals surface area contributed by atoms with Crippen LogP contribution in [0.1, 0.15) is 58.3 Å². The minimum atomic E-state index is 0.364. The Morgan fingerprint density at radius 3 is 2.31 bits per heavy atom. The lowest BCUT2D eigenvalue weighted by atomic mass is 9.84. The molecule has 76 valence electrons. The molecule has 1 fully saturated rings. The van der Waals surface area contributed by atoms with E-state index in [0.29, 0.717) is 11.8 Å². The molecule has 0 aromatic rings. The van der Waals surface area contributed by atoms with Gasteiger partial charge in [-0.15, -0.1) is 0 Å². The molecule has 1 saturated carbocycles. The average Bonchev–Trinajstić information content (AvgIpc) is 2.42. The smallest absolute Gasteiger partial charge is 0.123 e. The van der Waals surface area contributed by atoms with Crippen molar-refractivity contribution in [2.24, 2.45) is 11.8 Å². The van der Waals surface area contributed by atoms with Gasteiger partial charge in [-0.3, -0.25) is 0 Å². The van der Waals surface area contributed by atoms with Crippen LogP contribution in [0.4, 0.5) is 0 Å². The molecule has 1 aliphatic rings. The topological polar surface area (TPSA) is 17.1 Å². The summed E-state index contributed by atoms with van der Waals surface area (Å²) in [5.41, 5.74) is 0. The molecule has 1 heteroatoms. The lowest BCUT2D eigenvalue weighted by Crippen LogP contribution is -2.15. The first-order valence-corrected chi connectivity index (χ1v) is 5.83. The summed E-state index contributed by atoms with van der Waals surface area (Å²) >= 11 is 0. The molecule has 0 N–H and O–H groups in total. The highest BCUT2D eigenvalue weighted by Gasteiger charge is 2.21. The van der Waals surface area contributed by atoms with Crippen LogP contribution in [0.25, 0.3) is 0 Å². The van der Waals surface area contributed by atoms with Gasteiger partial charge in [-0.25, -0.2) is 0 Å². The third-order valence-electron chi connectivity index (χ3n) is 3.30. The number of hydrogen-bond donors (Lipinski definition) is 0. The van der Waals surface area contributed by atoms with Crippen LogP contribution in [-0.2, 0) is 4.79 Å². The SMILES string of the molecule is CCCC(C=O)C1CCCCCC1. The zero-order valence-electron chi connectivity index (χ0n) is 8.80. The predicted molar refractivity (Wildman–Crippen MR) is 55.7 cm³/mol. The van der Waals surface area contributed by atoms with E-state index in [1.165, 1.54) is 44.8 Å². The van der Waals surface area contributed by atoms with E-state index in [4.69, 9.17) is 0 Å². The van der Waals surface area contributed by atoms with E-state index in [-0.39, 0.29) is 0 Å². The molecule has 0 radical (unpaired) electrons. The van der Waals surface area contributed by atoms with Crippen LogP contribution in [0.15, 0.2) is 0 Å². The maximum Gasteiger partial charge on any atom is 0.123 e. The molecule has 1 nitrogen and oxygen atoms in total. The first-order chi connectivity index (χ1) is 6.38. The molecule has 0 heterocycles. The Kier molecular flexibility index (Phi) is 5.10. The van der Waals surface area contributed by atoms with Crippen molar-refractivity contribution in [1.29, 1.82) is 0 Å². The third kappa shape index (κ3) is 3.50. The van der Waals surface area contributed by atoms with Crippen LogP contribution in [-0.4, -0.2) is 6.29 Å². The quantitative estimate of drug-likeness (QED) is 0.480. The number of carbonyl (C=O) groups is 1. The number of hydrogen-bond acceptors (Lipinski definition) is 1.